The Bertz CT molecular complexity index is 857. The van der Waals surface area contributed by atoms with Crippen molar-refractivity contribution in [3.8, 4) is 0 Å². The van der Waals surface area contributed by atoms with Gasteiger partial charge in [0.05, 0.1) is 12.2 Å². The van der Waals surface area contributed by atoms with Crippen LogP contribution in [-0.2, 0) is 11.3 Å². The molecule has 0 saturated heterocycles. The second-order valence-corrected chi connectivity index (χ2v) is 7.04. The SMILES string of the molecule is Cc1cc(CN2N=NN(c3ccc(SC(F)(F)F)cc3)C2C=O)ccc1N. The van der Waals surface area contributed by atoms with Crippen molar-refractivity contribution >= 4 is 29.4 Å². The maximum atomic E-state index is 12.4. The zero-order valence-corrected chi connectivity index (χ0v) is 15.0. The normalized spacial score (nSPS) is 16.8. The highest BCUT2D eigenvalue weighted by Crippen LogP contribution is 2.37. The van der Waals surface area contributed by atoms with E-state index in [9.17, 15) is 18.0 Å². The van der Waals surface area contributed by atoms with Crippen LogP contribution in [0.1, 0.15) is 11.1 Å². The van der Waals surface area contributed by atoms with Gasteiger partial charge in [-0.25, -0.2) is 10.0 Å². The summed E-state index contributed by atoms with van der Waals surface area (Å²) in [5.41, 5.74) is 4.42. The molecule has 0 bridgehead atoms. The molecular formula is C17H16F3N5OS. The molecule has 0 radical (unpaired) electrons. The van der Waals surface area contributed by atoms with Crippen LogP contribution in [0.3, 0.4) is 0 Å². The van der Waals surface area contributed by atoms with E-state index in [0.717, 1.165) is 11.1 Å². The molecule has 1 aliphatic rings. The molecule has 10 heteroatoms. The summed E-state index contributed by atoms with van der Waals surface area (Å²) in [4.78, 5) is 11.6. The van der Waals surface area contributed by atoms with Gasteiger partial charge in [0.1, 0.15) is 0 Å². The summed E-state index contributed by atoms with van der Waals surface area (Å²) in [5, 5.41) is 10.8. The summed E-state index contributed by atoms with van der Waals surface area (Å²) in [5.74, 6) is 0. The lowest BCUT2D eigenvalue weighted by Crippen LogP contribution is -2.39. The van der Waals surface area contributed by atoms with Crippen molar-refractivity contribution in [2.24, 2.45) is 10.4 Å². The van der Waals surface area contributed by atoms with E-state index in [2.05, 4.69) is 10.4 Å². The minimum atomic E-state index is -4.35. The zero-order valence-electron chi connectivity index (χ0n) is 14.2. The molecule has 1 unspecified atom stereocenters. The van der Waals surface area contributed by atoms with E-state index in [1.807, 2.05) is 19.1 Å². The lowest BCUT2D eigenvalue weighted by molar-refractivity contribution is -0.111. The van der Waals surface area contributed by atoms with Crippen molar-refractivity contribution in [1.82, 2.24) is 5.01 Å². The largest absolute Gasteiger partial charge is 0.446 e. The van der Waals surface area contributed by atoms with Crippen LogP contribution in [-0.4, -0.2) is 23.0 Å². The molecule has 1 heterocycles. The molecule has 0 fully saturated rings. The molecule has 2 aromatic rings. The lowest BCUT2D eigenvalue weighted by atomic mass is 10.1. The van der Waals surface area contributed by atoms with E-state index in [1.54, 1.807) is 6.07 Å². The Labute approximate surface area is 157 Å². The summed E-state index contributed by atoms with van der Waals surface area (Å²) < 4.78 is 37.3. The van der Waals surface area contributed by atoms with Crippen LogP contribution in [0.15, 0.2) is 57.8 Å². The van der Waals surface area contributed by atoms with Crippen molar-refractivity contribution in [3.05, 3.63) is 53.6 Å². The fraction of sp³-hybridized carbons (Fsp3) is 0.235. The van der Waals surface area contributed by atoms with Crippen LogP contribution >= 0.6 is 11.8 Å². The maximum Gasteiger partial charge on any atom is 0.446 e. The first-order valence-corrected chi connectivity index (χ1v) is 8.72. The minimum Gasteiger partial charge on any atom is -0.399 e. The number of hydrogen-bond donors (Lipinski definition) is 1. The smallest absolute Gasteiger partial charge is 0.399 e. The van der Waals surface area contributed by atoms with Crippen LogP contribution in [0.25, 0.3) is 0 Å². The van der Waals surface area contributed by atoms with Gasteiger partial charge in [0, 0.05) is 10.6 Å². The second-order valence-electron chi connectivity index (χ2n) is 5.90. The number of alkyl halides is 3. The summed E-state index contributed by atoms with van der Waals surface area (Å²) in [6.45, 7) is 2.22. The first-order chi connectivity index (χ1) is 12.8. The maximum absolute atomic E-state index is 12.4. The Morgan fingerprint density at radius 1 is 1.19 bits per heavy atom. The van der Waals surface area contributed by atoms with Crippen molar-refractivity contribution in [1.29, 1.82) is 0 Å². The molecule has 1 atom stereocenters. The number of benzene rings is 2. The van der Waals surface area contributed by atoms with Crippen molar-refractivity contribution in [2.45, 2.75) is 30.0 Å². The Balaban J connectivity index is 1.73. The number of thioether (sulfide) groups is 1. The third-order valence-electron chi connectivity index (χ3n) is 3.94. The van der Waals surface area contributed by atoms with Gasteiger partial charge in [-0.05, 0) is 65.4 Å². The molecule has 27 heavy (non-hydrogen) atoms. The van der Waals surface area contributed by atoms with E-state index in [-0.39, 0.29) is 16.7 Å². The third kappa shape index (κ3) is 4.51. The van der Waals surface area contributed by atoms with E-state index in [0.29, 0.717) is 24.2 Å². The minimum absolute atomic E-state index is 0.0549. The van der Waals surface area contributed by atoms with Gasteiger partial charge in [-0.2, -0.15) is 13.2 Å². The van der Waals surface area contributed by atoms with Crippen LogP contribution < -0.4 is 10.7 Å². The van der Waals surface area contributed by atoms with Crippen molar-refractivity contribution < 1.29 is 18.0 Å². The second kappa shape index (κ2) is 7.47. The highest BCUT2D eigenvalue weighted by molar-refractivity contribution is 8.00. The predicted molar refractivity (Wildman–Crippen MR) is 96.7 cm³/mol. The van der Waals surface area contributed by atoms with Gasteiger partial charge >= 0.3 is 5.51 Å². The summed E-state index contributed by atoms with van der Waals surface area (Å²) in [6, 6.07) is 11.1. The molecule has 2 aromatic carbocycles. The number of carbonyl (C=O) groups excluding carboxylic acids is 1. The molecule has 6 nitrogen and oxygen atoms in total. The number of halogens is 3. The first kappa shape index (κ1) is 19.0. The number of nitrogens with two attached hydrogens (primary N) is 1. The summed E-state index contributed by atoms with van der Waals surface area (Å²) >= 11 is -0.199. The third-order valence-corrected chi connectivity index (χ3v) is 4.68. The van der Waals surface area contributed by atoms with E-state index >= 15 is 0 Å². The number of hydrogen-bond acceptors (Lipinski definition) is 7. The average Bonchev–Trinajstić information content (AvgIpc) is 3.00. The zero-order chi connectivity index (χ0) is 19.6. The van der Waals surface area contributed by atoms with Gasteiger partial charge in [-0.1, -0.05) is 17.4 Å². The van der Waals surface area contributed by atoms with Crippen LogP contribution in [0.5, 0.6) is 0 Å². The van der Waals surface area contributed by atoms with E-state index in [1.165, 1.54) is 34.3 Å². The molecular weight excluding hydrogens is 379 g/mol. The molecule has 0 saturated carbocycles. The molecule has 0 aliphatic carbocycles. The van der Waals surface area contributed by atoms with Gasteiger partial charge in [-0.3, -0.25) is 4.79 Å². The molecule has 0 spiro atoms. The Morgan fingerprint density at radius 3 is 2.48 bits per heavy atom. The Kier molecular flexibility index (Phi) is 5.26. The number of aldehydes is 1. The van der Waals surface area contributed by atoms with Gasteiger partial charge in [-0.15, -0.1) is 0 Å². The molecule has 1 aliphatic heterocycles. The number of nitrogen functional groups attached to an aromatic ring is 1. The fourth-order valence-corrected chi connectivity index (χ4v) is 3.15. The number of nitrogens with zero attached hydrogens (tertiary/aromatic N) is 4. The number of aryl methyl sites for hydroxylation is 1. The van der Waals surface area contributed by atoms with Crippen LogP contribution in [0.4, 0.5) is 24.5 Å². The number of carbonyl (C=O) groups is 1. The molecule has 142 valence electrons. The fourth-order valence-electron chi connectivity index (χ4n) is 2.61. The monoisotopic (exact) mass is 395 g/mol. The van der Waals surface area contributed by atoms with Gasteiger partial charge in [0.25, 0.3) is 0 Å². The topological polar surface area (TPSA) is 74.3 Å². The first-order valence-electron chi connectivity index (χ1n) is 7.90. The molecule has 3 rings (SSSR count). The van der Waals surface area contributed by atoms with Crippen LogP contribution in [0.2, 0.25) is 0 Å². The highest BCUT2D eigenvalue weighted by atomic mass is 32.2. The highest BCUT2D eigenvalue weighted by Gasteiger charge is 2.32. The summed E-state index contributed by atoms with van der Waals surface area (Å²) in [7, 11) is 0. The van der Waals surface area contributed by atoms with Gasteiger partial charge in [0.2, 0.25) is 0 Å². The van der Waals surface area contributed by atoms with Gasteiger partial charge < -0.3 is 5.73 Å². The predicted octanol–water partition coefficient (Wildman–Crippen LogP) is 4.32. The lowest BCUT2D eigenvalue weighted by Gasteiger charge is -2.23. The molecule has 0 amide bonds. The summed E-state index contributed by atoms with van der Waals surface area (Å²) in [6.07, 6.45) is -0.105. The molecule has 2 N–H and O–H groups in total. The van der Waals surface area contributed by atoms with Gasteiger partial charge in [0.15, 0.2) is 12.5 Å². The Hall–Kier alpha value is -2.75. The van der Waals surface area contributed by atoms with E-state index in [4.69, 9.17) is 5.73 Å². The molecule has 0 aromatic heterocycles. The van der Waals surface area contributed by atoms with Crippen molar-refractivity contribution in [2.75, 3.05) is 10.7 Å². The number of rotatable bonds is 5. The Morgan fingerprint density at radius 2 is 1.89 bits per heavy atom. The number of anilines is 2. The standard InChI is InChI=1S/C17H16F3N5OS/c1-11-8-12(2-7-15(11)21)9-24-16(10-26)25(23-22-24)13-3-5-14(6-4-13)27-17(18,19)20/h2-8,10,16H,9,21H2,1H3. The van der Waals surface area contributed by atoms with E-state index < -0.39 is 11.7 Å². The quantitative estimate of drug-likeness (QED) is 0.464. The van der Waals surface area contributed by atoms with Crippen LogP contribution in [0, 0.1) is 6.92 Å². The van der Waals surface area contributed by atoms with Crippen molar-refractivity contribution in [3.63, 3.8) is 0 Å². The average molecular weight is 395 g/mol.